The van der Waals surface area contributed by atoms with Gasteiger partial charge in [0.15, 0.2) is 0 Å². The summed E-state index contributed by atoms with van der Waals surface area (Å²) >= 11 is 0. The van der Waals surface area contributed by atoms with Gasteiger partial charge in [0.25, 0.3) is 0 Å². The maximum Gasteiger partial charge on any atom is 0.336 e. The number of carboxylic acid groups (broad SMARTS) is 1. The van der Waals surface area contributed by atoms with Crippen LogP contribution in [0.25, 0.3) is 10.9 Å². The van der Waals surface area contributed by atoms with E-state index in [0.717, 1.165) is 0 Å². The molecular weight excluding hydrogens is 246 g/mol. The molecule has 0 unspecified atom stereocenters. The Bertz CT molecular complexity index is 640. The van der Waals surface area contributed by atoms with Crippen LogP contribution in [0.5, 0.6) is 0 Å². The van der Waals surface area contributed by atoms with E-state index in [1.165, 1.54) is 6.07 Å². The van der Waals surface area contributed by atoms with Crippen LogP contribution in [0.4, 0.5) is 5.82 Å². The molecule has 0 aliphatic heterocycles. The second-order valence-corrected chi connectivity index (χ2v) is 4.02. The number of fused-ring (bicyclic) bond motifs is 1. The molecule has 6 heteroatoms. The van der Waals surface area contributed by atoms with Crippen molar-refractivity contribution in [2.24, 2.45) is 5.73 Å². The van der Waals surface area contributed by atoms with Crippen molar-refractivity contribution >= 4 is 28.6 Å². The predicted octanol–water partition coefficient (Wildman–Crippen LogP) is 1.22. The molecule has 19 heavy (non-hydrogen) atoms. The molecule has 98 valence electrons. The summed E-state index contributed by atoms with van der Waals surface area (Å²) in [4.78, 5) is 26.0. The van der Waals surface area contributed by atoms with Crippen LogP contribution in [0.2, 0.25) is 0 Å². The SMILES string of the molecule is NC(=O)CCNc1ccc2c(C(=O)O)cccc2n1. The highest BCUT2D eigenvalue weighted by Crippen LogP contribution is 2.19. The molecule has 0 bridgehead atoms. The molecule has 0 atom stereocenters. The standard InChI is InChI=1S/C13H13N3O3/c14-11(17)6-7-15-12-5-4-8-9(13(18)19)2-1-3-10(8)16-12/h1-5H,6-7H2,(H2,14,17)(H,15,16)(H,18,19). The molecule has 6 nitrogen and oxygen atoms in total. The zero-order valence-electron chi connectivity index (χ0n) is 10.1. The summed E-state index contributed by atoms with van der Waals surface area (Å²) in [6.07, 6.45) is 0.217. The van der Waals surface area contributed by atoms with Gasteiger partial charge in [-0.15, -0.1) is 0 Å². The first-order chi connectivity index (χ1) is 9.08. The number of hydrogen-bond donors (Lipinski definition) is 3. The van der Waals surface area contributed by atoms with Gasteiger partial charge in [-0.05, 0) is 24.3 Å². The van der Waals surface area contributed by atoms with E-state index in [4.69, 9.17) is 10.8 Å². The summed E-state index contributed by atoms with van der Waals surface area (Å²) in [5, 5.41) is 12.6. The minimum atomic E-state index is -0.984. The second-order valence-electron chi connectivity index (χ2n) is 4.02. The number of hydrogen-bond acceptors (Lipinski definition) is 4. The van der Waals surface area contributed by atoms with Gasteiger partial charge in [-0.1, -0.05) is 6.07 Å². The minimum absolute atomic E-state index is 0.216. The topological polar surface area (TPSA) is 105 Å². The monoisotopic (exact) mass is 259 g/mol. The molecule has 0 saturated heterocycles. The van der Waals surface area contributed by atoms with Crippen molar-refractivity contribution in [1.29, 1.82) is 0 Å². The van der Waals surface area contributed by atoms with E-state index in [9.17, 15) is 9.59 Å². The highest BCUT2D eigenvalue weighted by Gasteiger charge is 2.08. The van der Waals surface area contributed by atoms with Crippen LogP contribution in [0.1, 0.15) is 16.8 Å². The Hall–Kier alpha value is -2.63. The minimum Gasteiger partial charge on any atom is -0.478 e. The van der Waals surface area contributed by atoms with E-state index in [2.05, 4.69) is 10.3 Å². The molecule has 0 fully saturated rings. The van der Waals surface area contributed by atoms with Crippen LogP contribution in [-0.2, 0) is 4.79 Å². The lowest BCUT2D eigenvalue weighted by molar-refractivity contribution is -0.117. The van der Waals surface area contributed by atoms with Crippen LogP contribution in [0.15, 0.2) is 30.3 Å². The average molecular weight is 259 g/mol. The van der Waals surface area contributed by atoms with Crippen molar-refractivity contribution in [2.45, 2.75) is 6.42 Å². The van der Waals surface area contributed by atoms with Crippen molar-refractivity contribution in [2.75, 3.05) is 11.9 Å². The summed E-state index contributed by atoms with van der Waals surface area (Å²) in [5.74, 6) is -0.792. The Balaban J connectivity index is 2.26. The molecule has 1 aromatic heterocycles. The number of anilines is 1. The van der Waals surface area contributed by atoms with Crippen molar-refractivity contribution in [3.63, 3.8) is 0 Å². The van der Waals surface area contributed by atoms with Crippen LogP contribution in [0.3, 0.4) is 0 Å². The van der Waals surface area contributed by atoms with E-state index in [1.807, 2.05) is 0 Å². The molecule has 0 radical (unpaired) electrons. The summed E-state index contributed by atoms with van der Waals surface area (Å²) in [6.45, 7) is 0.395. The molecule has 0 aliphatic carbocycles. The molecular formula is C13H13N3O3. The third kappa shape index (κ3) is 2.98. The summed E-state index contributed by atoms with van der Waals surface area (Å²) < 4.78 is 0. The first-order valence-electron chi connectivity index (χ1n) is 5.73. The van der Waals surface area contributed by atoms with Gasteiger partial charge in [-0.2, -0.15) is 0 Å². The highest BCUT2D eigenvalue weighted by atomic mass is 16.4. The molecule has 4 N–H and O–H groups in total. The smallest absolute Gasteiger partial charge is 0.336 e. The second kappa shape index (κ2) is 5.34. The number of aromatic carboxylic acids is 1. The number of carbonyl (C=O) groups excluding carboxylic acids is 1. The Labute approximate surface area is 109 Å². The van der Waals surface area contributed by atoms with E-state index in [-0.39, 0.29) is 17.9 Å². The van der Waals surface area contributed by atoms with Gasteiger partial charge in [-0.3, -0.25) is 4.79 Å². The summed E-state index contributed by atoms with van der Waals surface area (Å²) in [6, 6.07) is 8.29. The lowest BCUT2D eigenvalue weighted by Gasteiger charge is -2.06. The molecule has 2 aromatic rings. The van der Waals surface area contributed by atoms with E-state index in [1.54, 1.807) is 24.3 Å². The van der Waals surface area contributed by atoms with Crippen LogP contribution in [-0.4, -0.2) is 28.5 Å². The molecule has 1 aromatic carbocycles. The predicted molar refractivity (Wildman–Crippen MR) is 71.0 cm³/mol. The molecule has 2 rings (SSSR count). The number of nitrogens with zero attached hydrogens (tertiary/aromatic N) is 1. The normalized spacial score (nSPS) is 10.3. The number of carbonyl (C=O) groups is 2. The quantitative estimate of drug-likeness (QED) is 0.748. The number of carboxylic acids is 1. The zero-order chi connectivity index (χ0) is 13.8. The Morgan fingerprint density at radius 3 is 2.74 bits per heavy atom. The van der Waals surface area contributed by atoms with E-state index < -0.39 is 5.97 Å². The van der Waals surface area contributed by atoms with E-state index in [0.29, 0.717) is 23.3 Å². The number of amides is 1. The van der Waals surface area contributed by atoms with E-state index >= 15 is 0 Å². The van der Waals surface area contributed by atoms with Gasteiger partial charge in [0.2, 0.25) is 5.91 Å². The first kappa shape index (κ1) is 12.8. The number of benzene rings is 1. The summed E-state index contributed by atoms with van der Waals surface area (Å²) in [5.41, 5.74) is 5.84. The Kier molecular flexibility index (Phi) is 3.61. The van der Waals surface area contributed by atoms with Gasteiger partial charge in [0, 0.05) is 18.4 Å². The third-order valence-corrected chi connectivity index (χ3v) is 2.64. The Morgan fingerprint density at radius 1 is 1.26 bits per heavy atom. The first-order valence-corrected chi connectivity index (χ1v) is 5.73. The van der Waals surface area contributed by atoms with Gasteiger partial charge in [-0.25, -0.2) is 9.78 Å². The number of nitrogens with one attached hydrogen (secondary N) is 1. The fourth-order valence-corrected chi connectivity index (χ4v) is 1.75. The van der Waals surface area contributed by atoms with Crippen LogP contribution < -0.4 is 11.1 Å². The van der Waals surface area contributed by atoms with Crippen molar-refractivity contribution in [3.8, 4) is 0 Å². The van der Waals surface area contributed by atoms with Crippen molar-refractivity contribution in [3.05, 3.63) is 35.9 Å². The van der Waals surface area contributed by atoms with Gasteiger partial charge in [0.05, 0.1) is 11.1 Å². The maximum absolute atomic E-state index is 11.1. The molecule has 0 aliphatic rings. The lowest BCUT2D eigenvalue weighted by Crippen LogP contribution is -2.16. The lowest BCUT2D eigenvalue weighted by atomic mass is 10.1. The van der Waals surface area contributed by atoms with Gasteiger partial charge < -0.3 is 16.2 Å². The Morgan fingerprint density at radius 2 is 2.05 bits per heavy atom. The highest BCUT2D eigenvalue weighted by molar-refractivity contribution is 6.02. The number of rotatable bonds is 5. The largest absolute Gasteiger partial charge is 0.478 e. The number of primary amides is 1. The molecule has 0 spiro atoms. The fraction of sp³-hybridized carbons (Fsp3) is 0.154. The zero-order valence-corrected chi connectivity index (χ0v) is 10.1. The molecule has 0 saturated carbocycles. The van der Waals surface area contributed by atoms with Gasteiger partial charge in [0.1, 0.15) is 5.82 Å². The number of nitrogens with two attached hydrogens (primary N) is 1. The molecule has 1 heterocycles. The fourth-order valence-electron chi connectivity index (χ4n) is 1.75. The number of aromatic nitrogens is 1. The molecule has 1 amide bonds. The number of pyridine rings is 1. The van der Waals surface area contributed by atoms with Crippen molar-refractivity contribution < 1.29 is 14.7 Å². The van der Waals surface area contributed by atoms with Crippen LogP contribution >= 0.6 is 0 Å². The average Bonchev–Trinajstić information content (AvgIpc) is 2.37. The van der Waals surface area contributed by atoms with Crippen LogP contribution in [0, 0.1) is 0 Å². The van der Waals surface area contributed by atoms with Crippen molar-refractivity contribution in [1.82, 2.24) is 4.98 Å². The summed E-state index contributed by atoms with van der Waals surface area (Å²) in [7, 11) is 0. The maximum atomic E-state index is 11.1. The van der Waals surface area contributed by atoms with Gasteiger partial charge >= 0.3 is 5.97 Å². The third-order valence-electron chi connectivity index (χ3n) is 2.64.